The molecule has 0 aliphatic heterocycles. The van der Waals surface area contributed by atoms with Crippen LogP contribution in [0.4, 0.5) is 4.39 Å². The molecule has 18 heavy (non-hydrogen) atoms. The molecule has 0 saturated heterocycles. The molecule has 1 heterocycles. The standard InChI is InChI=1S/C14H11FN2S/c15-11-5-2-1-4-10(11)12-8-18-13(17-12)14(9-16)6-3-7-14/h1-2,4-5,8H,3,6-7H2. The highest BCUT2D eigenvalue weighted by atomic mass is 32.1. The van der Waals surface area contributed by atoms with Gasteiger partial charge in [0, 0.05) is 10.9 Å². The van der Waals surface area contributed by atoms with Crippen LogP contribution in [0.3, 0.4) is 0 Å². The number of thiazole rings is 1. The zero-order valence-electron chi connectivity index (χ0n) is 9.69. The number of benzene rings is 1. The Morgan fingerprint density at radius 3 is 2.72 bits per heavy atom. The van der Waals surface area contributed by atoms with Crippen LogP contribution in [0.5, 0.6) is 0 Å². The van der Waals surface area contributed by atoms with E-state index in [9.17, 15) is 9.65 Å². The van der Waals surface area contributed by atoms with Gasteiger partial charge in [0.1, 0.15) is 16.2 Å². The molecule has 0 spiro atoms. The SMILES string of the molecule is N#CC1(c2nc(-c3ccccc3F)cs2)CCC1. The average Bonchev–Trinajstić information content (AvgIpc) is 2.79. The van der Waals surface area contributed by atoms with Crippen LogP contribution in [0.1, 0.15) is 24.3 Å². The predicted octanol–water partition coefficient (Wildman–Crippen LogP) is 3.89. The van der Waals surface area contributed by atoms with E-state index in [1.165, 1.54) is 17.4 Å². The minimum atomic E-state index is -0.409. The summed E-state index contributed by atoms with van der Waals surface area (Å²) in [7, 11) is 0. The van der Waals surface area contributed by atoms with Crippen molar-refractivity contribution in [2.24, 2.45) is 0 Å². The fourth-order valence-corrected chi connectivity index (χ4v) is 3.22. The van der Waals surface area contributed by atoms with Gasteiger partial charge in [-0.2, -0.15) is 5.26 Å². The molecule has 1 aromatic heterocycles. The van der Waals surface area contributed by atoms with Crippen LogP contribution in [0.2, 0.25) is 0 Å². The minimum Gasteiger partial charge on any atom is -0.239 e. The number of hydrogen-bond donors (Lipinski definition) is 0. The van der Waals surface area contributed by atoms with Crippen molar-refractivity contribution in [2.45, 2.75) is 24.7 Å². The van der Waals surface area contributed by atoms with Gasteiger partial charge in [-0.3, -0.25) is 0 Å². The lowest BCUT2D eigenvalue weighted by atomic mass is 9.70. The van der Waals surface area contributed by atoms with Crippen molar-refractivity contribution in [3.05, 3.63) is 40.5 Å². The van der Waals surface area contributed by atoms with Crippen LogP contribution >= 0.6 is 11.3 Å². The van der Waals surface area contributed by atoms with E-state index in [2.05, 4.69) is 11.1 Å². The summed E-state index contributed by atoms with van der Waals surface area (Å²) >= 11 is 1.46. The van der Waals surface area contributed by atoms with Crippen LogP contribution in [0, 0.1) is 17.1 Å². The summed E-state index contributed by atoms with van der Waals surface area (Å²) in [6.45, 7) is 0. The first-order valence-corrected chi connectivity index (χ1v) is 6.75. The molecule has 1 fully saturated rings. The van der Waals surface area contributed by atoms with Crippen LogP contribution in [-0.2, 0) is 5.41 Å². The molecule has 0 unspecified atom stereocenters. The molecule has 3 rings (SSSR count). The second-order valence-electron chi connectivity index (χ2n) is 4.57. The van der Waals surface area contributed by atoms with Crippen molar-refractivity contribution in [2.75, 3.05) is 0 Å². The molecule has 0 amide bonds. The van der Waals surface area contributed by atoms with Crippen molar-refractivity contribution in [1.29, 1.82) is 5.26 Å². The Bertz CT molecular complexity index is 623. The molecule has 0 N–H and O–H groups in total. The fraction of sp³-hybridized carbons (Fsp3) is 0.286. The summed E-state index contributed by atoms with van der Waals surface area (Å²) < 4.78 is 13.7. The van der Waals surface area contributed by atoms with Gasteiger partial charge < -0.3 is 0 Å². The van der Waals surface area contributed by atoms with Gasteiger partial charge >= 0.3 is 0 Å². The Morgan fingerprint density at radius 2 is 2.11 bits per heavy atom. The summed E-state index contributed by atoms with van der Waals surface area (Å²) in [5, 5.41) is 11.9. The van der Waals surface area contributed by atoms with Gasteiger partial charge in [0.05, 0.1) is 11.8 Å². The zero-order chi connectivity index (χ0) is 12.6. The normalized spacial score (nSPS) is 16.9. The molecule has 1 aliphatic carbocycles. The number of hydrogen-bond acceptors (Lipinski definition) is 3. The van der Waals surface area contributed by atoms with Gasteiger partial charge in [-0.25, -0.2) is 9.37 Å². The molecular formula is C14H11FN2S. The Balaban J connectivity index is 2.00. The molecule has 90 valence electrons. The van der Waals surface area contributed by atoms with Gasteiger partial charge in [0.2, 0.25) is 0 Å². The first-order chi connectivity index (χ1) is 8.75. The summed E-state index contributed by atoms with van der Waals surface area (Å²) in [4.78, 5) is 4.46. The molecular weight excluding hydrogens is 247 g/mol. The maximum Gasteiger partial charge on any atom is 0.132 e. The van der Waals surface area contributed by atoms with E-state index in [0.29, 0.717) is 11.3 Å². The van der Waals surface area contributed by atoms with Gasteiger partial charge in [0.25, 0.3) is 0 Å². The van der Waals surface area contributed by atoms with E-state index in [4.69, 9.17) is 0 Å². The molecule has 0 bridgehead atoms. The highest BCUT2D eigenvalue weighted by Gasteiger charge is 2.41. The van der Waals surface area contributed by atoms with Crippen molar-refractivity contribution in [3.8, 4) is 17.3 Å². The highest BCUT2D eigenvalue weighted by molar-refractivity contribution is 7.10. The Hall–Kier alpha value is -1.73. The number of nitriles is 1. The van der Waals surface area contributed by atoms with Gasteiger partial charge in [-0.15, -0.1) is 11.3 Å². The summed E-state index contributed by atoms with van der Waals surface area (Å²) in [6, 6.07) is 8.96. The number of aromatic nitrogens is 1. The average molecular weight is 258 g/mol. The Morgan fingerprint density at radius 1 is 1.33 bits per heavy atom. The van der Waals surface area contributed by atoms with Crippen LogP contribution < -0.4 is 0 Å². The van der Waals surface area contributed by atoms with E-state index >= 15 is 0 Å². The molecule has 1 saturated carbocycles. The highest BCUT2D eigenvalue weighted by Crippen LogP contribution is 2.45. The van der Waals surface area contributed by atoms with Crippen LogP contribution in [0.25, 0.3) is 11.3 Å². The maximum absolute atomic E-state index is 13.7. The molecule has 0 atom stereocenters. The van der Waals surface area contributed by atoms with Gasteiger partial charge in [-0.1, -0.05) is 12.1 Å². The van der Waals surface area contributed by atoms with Gasteiger partial charge in [0.15, 0.2) is 0 Å². The topological polar surface area (TPSA) is 36.7 Å². The smallest absolute Gasteiger partial charge is 0.132 e. The van der Waals surface area contributed by atoms with E-state index in [0.717, 1.165) is 24.3 Å². The zero-order valence-corrected chi connectivity index (χ0v) is 10.5. The summed E-state index contributed by atoms with van der Waals surface area (Å²) in [6.07, 6.45) is 2.81. The molecule has 1 aromatic carbocycles. The lowest BCUT2D eigenvalue weighted by molar-refractivity contribution is 0.323. The van der Waals surface area contributed by atoms with Crippen LogP contribution in [-0.4, -0.2) is 4.98 Å². The maximum atomic E-state index is 13.7. The largest absolute Gasteiger partial charge is 0.239 e. The van der Waals surface area contributed by atoms with Crippen molar-refractivity contribution in [1.82, 2.24) is 4.98 Å². The third kappa shape index (κ3) is 1.63. The third-order valence-corrected chi connectivity index (χ3v) is 4.53. The Kier molecular flexibility index (Phi) is 2.64. The van der Waals surface area contributed by atoms with Crippen molar-refractivity contribution in [3.63, 3.8) is 0 Å². The molecule has 4 heteroatoms. The van der Waals surface area contributed by atoms with Gasteiger partial charge in [-0.05, 0) is 31.4 Å². The molecule has 1 aliphatic rings. The van der Waals surface area contributed by atoms with Crippen molar-refractivity contribution >= 4 is 11.3 Å². The van der Waals surface area contributed by atoms with E-state index < -0.39 is 5.41 Å². The second-order valence-corrected chi connectivity index (χ2v) is 5.42. The lowest BCUT2D eigenvalue weighted by Crippen LogP contribution is -2.32. The van der Waals surface area contributed by atoms with Crippen LogP contribution in [0.15, 0.2) is 29.6 Å². The van der Waals surface area contributed by atoms with E-state index in [1.54, 1.807) is 18.2 Å². The minimum absolute atomic E-state index is 0.269. The number of nitrogens with zero attached hydrogens (tertiary/aromatic N) is 2. The predicted molar refractivity (Wildman–Crippen MR) is 68.7 cm³/mol. The first kappa shape index (κ1) is 11.4. The number of rotatable bonds is 2. The van der Waals surface area contributed by atoms with E-state index in [-0.39, 0.29) is 5.82 Å². The monoisotopic (exact) mass is 258 g/mol. The quantitative estimate of drug-likeness (QED) is 0.819. The lowest BCUT2D eigenvalue weighted by Gasteiger charge is -2.32. The summed E-state index contributed by atoms with van der Waals surface area (Å²) in [5.74, 6) is -0.269. The fourth-order valence-electron chi connectivity index (χ4n) is 2.19. The molecule has 2 nitrogen and oxygen atoms in total. The van der Waals surface area contributed by atoms with E-state index in [1.807, 2.05) is 5.38 Å². The first-order valence-electron chi connectivity index (χ1n) is 5.87. The third-order valence-electron chi connectivity index (χ3n) is 3.48. The Labute approximate surface area is 109 Å². The van der Waals surface area contributed by atoms with Crippen molar-refractivity contribution < 1.29 is 4.39 Å². The molecule has 2 aromatic rings. The molecule has 0 radical (unpaired) electrons. The summed E-state index contributed by atoms with van der Waals surface area (Å²) in [5.41, 5.74) is 0.732. The number of halogens is 1. The second kappa shape index (κ2) is 4.18.